The average molecular weight is 2770 g/mol. The van der Waals surface area contributed by atoms with Gasteiger partial charge >= 0.3 is 0 Å². The zero-order valence-electron chi connectivity index (χ0n) is 18.9. The van der Waals surface area contributed by atoms with Crippen molar-refractivity contribution in [2.75, 3.05) is 0 Å². The molecule has 0 bridgehead atoms. The first-order valence-electron chi connectivity index (χ1n) is 0. The molecule has 0 nitrogen and oxygen atoms in total. The van der Waals surface area contributed by atoms with Crippen molar-refractivity contribution in [1.29, 1.82) is 0 Å². The Bertz CT molecular complexity index is 6.42. The Morgan fingerprint density at radius 3 is 0.0625 bits per heavy atom. The molecular weight excluding hydrogens is 2770 g/mol. The summed E-state index contributed by atoms with van der Waals surface area (Å²) in [6, 6.07) is 0. The molecule has 0 heterocycles. The summed E-state index contributed by atoms with van der Waals surface area (Å²) < 4.78 is 0. The van der Waals surface area contributed by atoms with E-state index in [1.807, 2.05) is 0 Å². The monoisotopic (exact) mass is 2770 g/mol. The van der Waals surface area contributed by atoms with Crippen LogP contribution < -0.4 is 0 Å². The number of hydrogen-bond acceptors (Lipinski definition) is 0. The van der Waals surface area contributed by atoms with Gasteiger partial charge in [-0.1, -0.05) is 0 Å². The first-order valence-corrected chi connectivity index (χ1v) is 0. The molecule has 0 saturated carbocycles. The van der Waals surface area contributed by atoms with Gasteiger partial charge in [0.1, 0.15) is 0 Å². The molecule has 0 aliphatic carbocycles. The second-order valence-corrected chi connectivity index (χ2v) is 0. The third-order valence-corrected chi connectivity index (χ3v) is 0. The Morgan fingerprint density at radius 1 is 0.0625 bits per heavy atom. The normalized spacial score (nSPS) is 0. The third-order valence-electron chi connectivity index (χ3n) is 0. The van der Waals surface area contributed by atoms with E-state index in [0.717, 1.165) is 0 Å². The minimum absolute atomic E-state index is 0. The van der Waals surface area contributed by atoms with Gasteiger partial charge in [0.05, 0.1) is 0 Å². The molecule has 0 spiro atoms. The summed E-state index contributed by atoms with van der Waals surface area (Å²) in [6.07, 6.45) is 0. The summed E-state index contributed by atoms with van der Waals surface area (Å²) in [7, 11) is 0. The molecule has 0 aromatic carbocycles. The molecule has 0 aromatic heterocycles. The Morgan fingerprint density at radius 2 is 0.0625 bits per heavy atom. The predicted molar refractivity (Wildman–Crippen MR) is 6.41 cm³/mol. The standard InChI is InChI=1S/CH3.31Y/h1H3;;;;;;;;;;;;;;;;;;;;;;;;;;;;;;;/q-1;;;;;;;;;;;;;;;;;;;;;;;;;;;;;;;. The van der Waals surface area contributed by atoms with Crippen LogP contribution >= 0.6 is 0 Å². The van der Waals surface area contributed by atoms with Crippen LogP contribution in [0.2, 0.25) is 0 Å². The van der Waals surface area contributed by atoms with Crippen LogP contribution in [0.5, 0.6) is 0 Å². The fourth-order valence-electron chi connectivity index (χ4n) is 0. The third kappa shape index (κ3) is 219. The first-order chi connectivity index (χ1) is 0. The van der Waals surface area contributed by atoms with E-state index in [4.69, 9.17) is 0 Å². The van der Waals surface area contributed by atoms with Gasteiger partial charge in [0.2, 0.25) is 0 Å². The van der Waals surface area contributed by atoms with Gasteiger partial charge in [0.15, 0.2) is 0 Å². The van der Waals surface area contributed by atoms with Crippen molar-refractivity contribution in [2.24, 2.45) is 0 Å². The topological polar surface area (TPSA) is 0 Å². The summed E-state index contributed by atoms with van der Waals surface area (Å²) in [5.74, 6) is 0. The van der Waals surface area contributed by atoms with Crippen LogP contribution in [0.1, 0.15) is 0 Å². The van der Waals surface area contributed by atoms with E-state index in [-0.39, 0.29) is 1020 Å². The Hall–Kier alpha value is 34.2. The van der Waals surface area contributed by atoms with E-state index >= 15 is 0 Å². The fraction of sp³-hybridized carbons (Fsp3) is 0. The smallest absolute Gasteiger partial charge is 0 e. The van der Waals surface area contributed by atoms with Crippen molar-refractivity contribution in [3.8, 4) is 0 Å². The van der Waals surface area contributed by atoms with Gasteiger partial charge in [0.25, 0.3) is 0 Å². The number of rotatable bonds is 0. The molecule has 0 aliphatic rings. The van der Waals surface area contributed by atoms with Gasteiger partial charge in [-0.3, -0.25) is 0 Å². The van der Waals surface area contributed by atoms with Crippen LogP contribution in [0, 0.1) is 7.43 Å². The fourth-order valence-corrected chi connectivity index (χ4v) is 0. The minimum atomic E-state index is 0. The van der Waals surface area contributed by atoms with Gasteiger partial charge in [0, 0.05) is 1010 Å². The van der Waals surface area contributed by atoms with E-state index in [1.54, 1.807) is 0 Å². The van der Waals surface area contributed by atoms with Crippen LogP contribution in [0.25, 0.3) is 0 Å². The van der Waals surface area contributed by atoms with E-state index < -0.39 is 0 Å². The first kappa shape index (κ1) is 241. The van der Waals surface area contributed by atoms with Crippen molar-refractivity contribution >= 4 is 0 Å². The molecule has 0 N–H and O–H groups in total. The Labute approximate surface area is 982 Å². The maximum absolute atomic E-state index is 0. The number of hydrogen-bond donors (Lipinski definition) is 0. The summed E-state index contributed by atoms with van der Waals surface area (Å²) in [4.78, 5) is 0. The van der Waals surface area contributed by atoms with Gasteiger partial charge in [-0.05, 0) is 0 Å². The second kappa shape index (κ2) is 230. The minimum Gasteiger partial charge on any atom is -0.358 e. The van der Waals surface area contributed by atoms with E-state index in [1.165, 1.54) is 0 Å². The molecule has 31 radical (unpaired) electrons. The van der Waals surface area contributed by atoms with Crippen LogP contribution in [0.15, 0.2) is 0 Å². The molecular formula is CH3Y31-. The van der Waals surface area contributed by atoms with Gasteiger partial charge in [-0.25, -0.2) is 0 Å². The quantitative estimate of drug-likeness (QED) is 0.309. The Balaban J connectivity index is 0. The maximum Gasteiger partial charge on any atom is 0 e. The molecule has 0 fully saturated rings. The molecule has 0 unspecified atom stereocenters. The Kier molecular flexibility index (Phi) is 1730. The molecule has 32 heavy (non-hydrogen) atoms. The van der Waals surface area contributed by atoms with Crippen molar-refractivity contribution in [1.82, 2.24) is 0 Å². The summed E-state index contributed by atoms with van der Waals surface area (Å²) in [5, 5.41) is 0. The molecule has 0 amide bonds. The molecule has 31 heteroatoms. The molecule has 0 aliphatic heterocycles. The average Bonchev–Trinajstić information content (AvgIpc) is 0. The second-order valence-electron chi connectivity index (χ2n) is 0. The van der Waals surface area contributed by atoms with Gasteiger partial charge in [-0.15, -0.1) is 0 Å². The zero-order chi connectivity index (χ0) is 0. The van der Waals surface area contributed by atoms with Crippen molar-refractivity contribution in [3.05, 3.63) is 7.43 Å². The van der Waals surface area contributed by atoms with Crippen LogP contribution in [-0.4, -0.2) is 0 Å². The van der Waals surface area contributed by atoms with E-state index in [9.17, 15) is 0 Å². The molecule has 101 valence electrons. The van der Waals surface area contributed by atoms with Crippen molar-refractivity contribution < 1.29 is 1010 Å². The predicted octanol–water partition coefficient (Wildman–Crippen LogP) is 0.373. The summed E-state index contributed by atoms with van der Waals surface area (Å²) in [5.41, 5.74) is 0. The van der Waals surface area contributed by atoms with Crippen molar-refractivity contribution in [3.63, 3.8) is 0 Å². The zero-order valence-corrected chi connectivity index (χ0v) is 107. The molecule has 0 atom stereocenters. The summed E-state index contributed by atoms with van der Waals surface area (Å²) >= 11 is 0. The molecule has 0 rings (SSSR count). The molecule has 0 saturated heterocycles. The van der Waals surface area contributed by atoms with Gasteiger partial charge < -0.3 is 7.43 Å². The largest absolute Gasteiger partial charge is 0.358 e. The van der Waals surface area contributed by atoms with E-state index in [2.05, 4.69) is 0 Å². The maximum atomic E-state index is 0. The van der Waals surface area contributed by atoms with Gasteiger partial charge in [-0.2, -0.15) is 0 Å². The summed E-state index contributed by atoms with van der Waals surface area (Å²) in [6.45, 7) is 0. The van der Waals surface area contributed by atoms with E-state index in [0.29, 0.717) is 0 Å². The van der Waals surface area contributed by atoms with Crippen LogP contribution in [-0.2, 0) is 1010 Å². The van der Waals surface area contributed by atoms with Crippen LogP contribution in [0.4, 0.5) is 0 Å². The van der Waals surface area contributed by atoms with Crippen LogP contribution in [0.3, 0.4) is 0 Å². The van der Waals surface area contributed by atoms with Crippen molar-refractivity contribution in [2.45, 2.75) is 0 Å². The molecule has 0 aromatic rings. The SMILES string of the molecule is [CH3-].[Y].[Y].[Y].[Y].[Y].[Y].[Y].[Y].[Y].[Y].[Y].[Y].[Y].[Y].[Y].[Y].[Y].[Y].[Y].[Y].[Y].[Y].[Y].[Y].[Y].[Y].[Y].[Y].[Y].[Y].[Y].